The fourth-order valence-electron chi connectivity index (χ4n) is 2.84. The summed E-state index contributed by atoms with van der Waals surface area (Å²) >= 11 is 0. The van der Waals surface area contributed by atoms with Crippen LogP contribution < -0.4 is 14.8 Å². The van der Waals surface area contributed by atoms with Gasteiger partial charge in [0.15, 0.2) is 11.5 Å². The highest BCUT2D eigenvalue weighted by Crippen LogP contribution is 2.31. The van der Waals surface area contributed by atoms with Gasteiger partial charge in [0.2, 0.25) is 0 Å². The first-order valence-electron chi connectivity index (χ1n) is 7.53. The van der Waals surface area contributed by atoms with Crippen molar-refractivity contribution in [2.75, 3.05) is 19.5 Å². The van der Waals surface area contributed by atoms with Crippen LogP contribution in [-0.2, 0) is 0 Å². The molecule has 1 heterocycles. The fourth-order valence-corrected chi connectivity index (χ4v) is 2.84. The van der Waals surface area contributed by atoms with Crippen LogP contribution in [0.15, 0.2) is 18.3 Å². The zero-order valence-corrected chi connectivity index (χ0v) is 14.1. The molecule has 1 fully saturated rings. The Morgan fingerprint density at radius 1 is 1.04 bits per heavy atom. The van der Waals surface area contributed by atoms with Gasteiger partial charge >= 0.3 is 0 Å². The Morgan fingerprint density at radius 3 is 2.26 bits per heavy atom. The molecule has 0 aliphatic heterocycles. The molecule has 0 unspecified atom stereocenters. The van der Waals surface area contributed by atoms with Crippen molar-refractivity contribution in [1.82, 2.24) is 9.97 Å². The van der Waals surface area contributed by atoms with E-state index in [0.29, 0.717) is 17.5 Å². The van der Waals surface area contributed by atoms with E-state index in [1.165, 1.54) is 0 Å². The van der Waals surface area contributed by atoms with Gasteiger partial charge in [0, 0.05) is 18.2 Å². The number of ether oxygens (including phenoxy) is 2. The lowest BCUT2D eigenvalue weighted by Crippen LogP contribution is -2.28. The lowest BCUT2D eigenvalue weighted by molar-refractivity contribution is 0.126. The molecule has 1 aromatic heterocycles. The van der Waals surface area contributed by atoms with Gasteiger partial charge in [0.1, 0.15) is 5.82 Å². The Bertz CT molecular complexity index is 660. The van der Waals surface area contributed by atoms with Crippen molar-refractivity contribution < 1.29 is 14.6 Å². The van der Waals surface area contributed by atoms with Crippen molar-refractivity contribution in [3.05, 3.63) is 18.3 Å². The first-order valence-corrected chi connectivity index (χ1v) is 7.53. The Morgan fingerprint density at radius 2 is 1.65 bits per heavy atom. The standard InChI is InChI=1S/C16H21N3O3.ClH/c1-21-14-7-12-13(8-15(14)22-2)19-16(9-17-12)18-10-3-5-11(20)6-4-10;/h7-11,20H,3-6H2,1-2H3,(H,18,19);1H/t10-,11-;. The molecule has 0 radical (unpaired) electrons. The van der Waals surface area contributed by atoms with E-state index in [1.54, 1.807) is 20.4 Å². The molecular formula is C16H22ClN3O3. The number of nitrogens with one attached hydrogen (secondary N) is 1. The van der Waals surface area contributed by atoms with Crippen molar-refractivity contribution in [2.24, 2.45) is 0 Å². The monoisotopic (exact) mass is 339 g/mol. The normalized spacial score (nSPS) is 20.7. The Hall–Kier alpha value is -1.79. The van der Waals surface area contributed by atoms with Crippen LogP contribution in [0.2, 0.25) is 0 Å². The number of nitrogens with zero attached hydrogens (tertiary/aromatic N) is 2. The number of aromatic nitrogens is 2. The van der Waals surface area contributed by atoms with Crippen LogP contribution in [0.1, 0.15) is 25.7 Å². The maximum atomic E-state index is 9.56. The third-order valence-electron chi connectivity index (χ3n) is 4.10. The molecule has 0 amide bonds. The molecular weight excluding hydrogens is 318 g/mol. The predicted molar refractivity (Wildman–Crippen MR) is 91.8 cm³/mol. The fraction of sp³-hybridized carbons (Fsp3) is 0.500. The number of fused-ring (bicyclic) bond motifs is 1. The molecule has 3 rings (SSSR count). The third kappa shape index (κ3) is 3.95. The molecule has 0 saturated heterocycles. The van der Waals surface area contributed by atoms with E-state index in [-0.39, 0.29) is 18.5 Å². The van der Waals surface area contributed by atoms with Crippen molar-refractivity contribution in [3.63, 3.8) is 0 Å². The van der Waals surface area contributed by atoms with Crippen LogP contribution in [-0.4, -0.2) is 41.4 Å². The van der Waals surface area contributed by atoms with Crippen LogP contribution in [0.25, 0.3) is 11.0 Å². The Labute approximate surface area is 141 Å². The molecule has 0 spiro atoms. The summed E-state index contributed by atoms with van der Waals surface area (Å²) in [6.07, 6.45) is 5.16. The van der Waals surface area contributed by atoms with E-state index >= 15 is 0 Å². The molecule has 1 aliphatic carbocycles. The largest absolute Gasteiger partial charge is 0.493 e. The first kappa shape index (κ1) is 17.6. The predicted octanol–water partition coefficient (Wildman–Crippen LogP) is 2.78. The van der Waals surface area contributed by atoms with Crippen molar-refractivity contribution >= 4 is 29.3 Å². The smallest absolute Gasteiger partial charge is 0.163 e. The summed E-state index contributed by atoms with van der Waals surface area (Å²) in [6, 6.07) is 3.99. The molecule has 0 atom stereocenters. The van der Waals surface area contributed by atoms with Crippen LogP contribution in [0.4, 0.5) is 5.82 Å². The summed E-state index contributed by atoms with van der Waals surface area (Å²) in [5.74, 6) is 2.04. The molecule has 0 bridgehead atoms. The minimum absolute atomic E-state index is 0. The second kappa shape index (κ2) is 7.66. The quantitative estimate of drug-likeness (QED) is 0.892. The van der Waals surface area contributed by atoms with Crippen LogP contribution in [0.5, 0.6) is 11.5 Å². The van der Waals surface area contributed by atoms with Gasteiger partial charge in [-0.2, -0.15) is 0 Å². The molecule has 1 aliphatic rings. The summed E-state index contributed by atoms with van der Waals surface area (Å²) < 4.78 is 10.6. The topological polar surface area (TPSA) is 76.5 Å². The lowest BCUT2D eigenvalue weighted by Gasteiger charge is -2.26. The average molecular weight is 340 g/mol. The van der Waals surface area contributed by atoms with Crippen LogP contribution in [0.3, 0.4) is 0 Å². The van der Waals surface area contributed by atoms with Gasteiger partial charge in [-0.1, -0.05) is 0 Å². The zero-order chi connectivity index (χ0) is 15.5. The number of halogens is 1. The second-order valence-corrected chi connectivity index (χ2v) is 5.60. The van der Waals surface area contributed by atoms with E-state index in [9.17, 15) is 5.11 Å². The van der Waals surface area contributed by atoms with Gasteiger partial charge < -0.3 is 19.9 Å². The van der Waals surface area contributed by atoms with E-state index in [4.69, 9.17) is 9.47 Å². The second-order valence-electron chi connectivity index (χ2n) is 5.60. The molecule has 2 N–H and O–H groups in total. The highest BCUT2D eigenvalue weighted by atomic mass is 35.5. The molecule has 23 heavy (non-hydrogen) atoms. The van der Waals surface area contributed by atoms with Gasteiger partial charge in [-0.15, -0.1) is 12.4 Å². The summed E-state index contributed by atoms with van der Waals surface area (Å²) in [4.78, 5) is 9.04. The van der Waals surface area contributed by atoms with E-state index in [2.05, 4.69) is 15.3 Å². The number of rotatable bonds is 4. The van der Waals surface area contributed by atoms with Gasteiger partial charge in [-0.3, -0.25) is 4.98 Å². The number of benzene rings is 1. The van der Waals surface area contributed by atoms with Crippen LogP contribution in [0, 0.1) is 0 Å². The number of aliphatic hydroxyl groups excluding tert-OH is 1. The van der Waals surface area contributed by atoms with Crippen molar-refractivity contribution in [2.45, 2.75) is 37.8 Å². The Balaban J connectivity index is 0.00000192. The molecule has 2 aromatic rings. The molecule has 126 valence electrons. The summed E-state index contributed by atoms with van der Waals surface area (Å²) in [7, 11) is 3.21. The molecule has 6 nitrogen and oxygen atoms in total. The lowest BCUT2D eigenvalue weighted by atomic mass is 9.93. The summed E-state index contributed by atoms with van der Waals surface area (Å²) in [5.41, 5.74) is 1.53. The van der Waals surface area contributed by atoms with Gasteiger partial charge in [0.25, 0.3) is 0 Å². The number of hydrogen-bond acceptors (Lipinski definition) is 6. The van der Waals surface area contributed by atoms with Gasteiger partial charge in [0.05, 0.1) is 37.6 Å². The zero-order valence-electron chi connectivity index (χ0n) is 13.3. The maximum Gasteiger partial charge on any atom is 0.163 e. The average Bonchev–Trinajstić information content (AvgIpc) is 2.55. The molecule has 7 heteroatoms. The molecule has 1 aromatic carbocycles. The maximum absolute atomic E-state index is 9.56. The number of methoxy groups -OCH3 is 2. The van der Waals surface area contributed by atoms with E-state index < -0.39 is 0 Å². The van der Waals surface area contributed by atoms with Crippen molar-refractivity contribution in [3.8, 4) is 11.5 Å². The number of aliphatic hydroxyl groups is 1. The minimum atomic E-state index is -0.155. The number of hydrogen-bond donors (Lipinski definition) is 2. The van der Waals surface area contributed by atoms with Gasteiger partial charge in [-0.05, 0) is 25.7 Å². The number of anilines is 1. The first-order chi connectivity index (χ1) is 10.7. The van der Waals surface area contributed by atoms with Crippen molar-refractivity contribution in [1.29, 1.82) is 0 Å². The third-order valence-corrected chi connectivity index (χ3v) is 4.10. The highest BCUT2D eigenvalue weighted by Gasteiger charge is 2.19. The van der Waals surface area contributed by atoms with Gasteiger partial charge in [-0.25, -0.2) is 4.98 Å². The van der Waals surface area contributed by atoms with Crippen LogP contribution >= 0.6 is 12.4 Å². The SMILES string of the molecule is COc1cc2ncc(N[C@H]3CC[C@H](O)CC3)nc2cc1OC.Cl. The Kier molecular flexibility index (Phi) is 5.85. The molecule has 1 saturated carbocycles. The van der Waals surface area contributed by atoms with E-state index in [0.717, 1.165) is 42.5 Å². The summed E-state index contributed by atoms with van der Waals surface area (Å²) in [5, 5.41) is 13.0. The minimum Gasteiger partial charge on any atom is -0.493 e. The van der Waals surface area contributed by atoms with E-state index in [1.807, 2.05) is 12.1 Å². The highest BCUT2D eigenvalue weighted by molar-refractivity contribution is 5.85. The summed E-state index contributed by atoms with van der Waals surface area (Å²) in [6.45, 7) is 0.